The van der Waals surface area contributed by atoms with E-state index >= 15 is 0 Å². The predicted octanol–water partition coefficient (Wildman–Crippen LogP) is 3.84. The van der Waals surface area contributed by atoms with Gasteiger partial charge >= 0.3 is 0 Å². The fourth-order valence-corrected chi connectivity index (χ4v) is 2.57. The zero-order valence-electron chi connectivity index (χ0n) is 7.34. The zero-order valence-corrected chi connectivity index (χ0v) is 9.66. The van der Waals surface area contributed by atoms with Crippen LogP contribution in [-0.4, -0.2) is 16.1 Å². The first kappa shape index (κ1) is 11.2. The molecule has 0 radical (unpaired) electrons. The lowest BCUT2D eigenvalue weighted by Crippen LogP contribution is -1.96. The maximum atomic E-state index is 5.95. The number of nitrogens with zero attached hydrogens (tertiary/aromatic N) is 1. The molecule has 0 saturated heterocycles. The highest BCUT2D eigenvalue weighted by Crippen LogP contribution is 2.30. The fraction of sp³-hybridized carbons (Fsp3) is 0.444. The number of alkyl halides is 1. The molecule has 13 heavy (non-hydrogen) atoms. The van der Waals surface area contributed by atoms with Crippen LogP contribution in [0.2, 0.25) is 5.02 Å². The molecule has 1 unspecified atom stereocenters. The fourth-order valence-electron chi connectivity index (χ4n) is 0.887. The van der Waals surface area contributed by atoms with Crippen molar-refractivity contribution in [2.24, 2.45) is 0 Å². The van der Waals surface area contributed by atoms with E-state index in [1.165, 1.54) is 0 Å². The Balaban J connectivity index is 2.58. The first-order valence-electron chi connectivity index (χ1n) is 4.06. The highest BCUT2D eigenvalue weighted by Gasteiger charge is 2.06. The SMILES string of the molecule is CC(CCCl)Sc1ccncc1Cl. The Labute approximate surface area is 92.8 Å². The lowest BCUT2D eigenvalue weighted by Gasteiger charge is -2.09. The largest absolute Gasteiger partial charge is 0.263 e. The second-order valence-electron chi connectivity index (χ2n) is 2.71. The molecular weight excluding hydrogens is 225 g/mol. The summed E-state index contributed by atoms with van der Waals surface area (Å²) in [6, 6.07) is 1.93. The van der Waals surface area contributed by atoms with Gasteiger partial charge in [-0.25, -0.2) is 0 Å². The zero-order chi connectivity index (χ0) is 9.68. The Kier molecular flexibility index (Phi) is 4.92. The summed E-state index contributed by atoms with van der Waals surface area (Å²) in [6.45, 7) is 2.14. The molecule has 0 aliphatic carbocycles. The third-order valence-electron chi connectivity index (χ3n) is 1.58. The minimum Gasteiger partial charge on any atom is -0.263 e. The van der Waals surface area contributed by atoms with Crippen LogP contribution in [0.1, 0.15) is 13.3 Å². The molecule has 1 rings (SSSR count). The minimum atomic E-state index is 0.498. The van der Waals surface area contributed by atoms with Gasteiger partial charge in [0.2, 0.25) is 0 Å². The Morgan fingerprint density at radius 2 is 2.38 bits per heavy atom. The number of hydrogen-bond acceptors (Lipinski definition) is 2. The van der Waals surface area contributed by atoms with Crippen molar-refractivity contribution in [3.63, 3.8) is 0 Å². The quantitative estimate of drug-likeness (QED) is 0.581. The van der Waals surface area contributed by atoms with Crippen molar-refractivity contribution in [2.45, 2.75) is 23.5 Å². The summed E-state index contributed by atoms with van der Waals surface area (Å²) in [4.78, 5) is 5.00. The molecule has 4 heteroatoms. The second-order valence-corrected chi connectivity index (χ2v) is 4.98. The van der Waals surface area contributed by atoms with Gasteiger partial charge in [0.25, 0.3) is 0 Å². The lowest BCUT2D eigenvalue weighted by atomic mass is 10.4. The van der Waals surface area contributed by atoms with Crippen LogP contribution < -0.4 is 0 Å². The average molecular weight is 236 g/mol. The third-order valence-corrected chi connectivity index (χ3v) is 3.46. The van der Waals surface area contributed by atoms with Gasteiger partial charge in [0.15, 0.2) is 0 Å². The number of halogens is 2. The molecule has 1 aromatic rings. The second kappa shape index (κ2) is 5.74. The average Bonchev–Trinajstić information content (AvgIpc) is 2.09. The molecular formula is C9H11Cl2NS. The van der Waals surface area contributed by atoms with Gasteiger partial charge in [-0.05, 0) is 12.5 Å². The molecule has 0 fully saturated rings. The third kappa shape index (κ3) is 3.75. The van der Waals surface area contributed by atoms with Crippen molar-refractivity contribution in [1.82, 2.24) is 4.98 Å². The Bertz CT molecular complexity index is 268. The van der Waals surface area contributed by atoms with Gasteiger partial charge in [0.1, 0.15) is 0 Å². The molecule has 72 valence electrons. The molecule has 1 nitrogen and oxygen atoms in total. The summed E-state index contributed by atoms with van der Waals surface area (Å²) in [5, 5.41) is 1.21. The molecule has 1 aromatic heterocycles. The van der Waals surface area contributed by atoms with Crippen molar-refractivity contribution in [1.29, 1.82) is 0 Å². The summed E-state index contributed by atoms with van der Waals surface area (Å²) in [5.74, 6) is 0.691. The molecule has 0 aromatic carbocycles. The van der Waals surface area contributed by atoms with Crippen LogP contribution in [0.3, 0.4) is 0 Å². The summed E-state index contributed by atoms with van der Waals surface area (Å²) in [7, 11) is 0. The number of thioether (sulfide) groups is 1. The highest BCUT2D eigenvalue weighted by molar-refractivity contribution is 8.00. The Morgan fingerprint density at radius 1 is 1.62 bits per heavy atom. The van der Waals surface area contributed by atoms with E-state index in [0.717, 1.165) is 11.3 Å². The van der Waals surface area contributed by atoms with E-state index in [9.17, 15) is 0 Å². The van der Waals surface area contributed by atoms with Crippen LogP contribution in [-0.2, 0) is 0 Å². The first-order chi connectivity index (χ1) is 6.24. The van der Waals surface area contributed by atoms with Crippen molar-refractivity contribution in [2.75, 3.05) is 5.88 Å². The molecule has 0 N–H and O–H groups in total. The van der Waals surface area contributed by atoms with Gasteiger partial charge < -0.3 is 0 Å². The van der Waals surface area contributed by atoms with Crippen molar-refractivity contribution >= 4 is 35.0 Å². The van der Waals surface area contributed by atoms with Crippen LogP contribution in [0.15, 0.2) is 23.4 Å². The number of aromatic nitrogens is 1. The standard InChI is InChI=1S/C9H11Cl2NS/c1-7(2-4-10)13-9-3-5-12-6-8(9)11/h3,5-7H,2,4H2,1H3. The maximum Gasteiger partial charge on any atom is 0.0725 e. The molecule has 0 amide bonds. The van der Waals surface area contributed by atoms with Crippen LogP contribution in [0.5, 0.6) is 0 Å². The van der Waals surface area contributed by atoms with Gasteiger partial charge in [0, 0.05) is 28.4 Å². The molecule has 0 aliphatic rings. The van der Waals surface area contributed by atoms with Crippen molar-refractivity contribution in [3.8, 4) is 0 Å². The molecule has 1 heterocycles. The number of hydrogen-bond donors (Lipinski definition) is 0. The smallest absolute Gasteiger partial charge is 0.0725 e. The van der Waals surface area contributed by atoms with E-state index < -0.39 is 0 Å². The maximum absolute atomic E-state index is 5.95. The Morgan fingerprint density at radius 3 is 3.00 bits per heavy atom. The summed E-state index contributed by atoms with van der Waals surface area (Å²) >= 11 is 13.3. The van der Waals surface area contributed by atoms with Crippen molar-refractivity contribution < 1.29 is 0 Å². The van der Waals surface area contributed by atoms with E-state index in [4.69, 9.17) is 23.2 Å². The van der Waals surface area contributed by atoms with Gasteiger partial charge in [0.05, 0.1) is 5.02 Å². The number of rotatable bonds is 4. The van der Waals surface area contributed by atoms with Crippen LogP contribution in [0, 0.1) is 0 Å². The predicted molar refractivity (Wildman–Crippen MR) is 59.9 cm³/mol. The first-order valence-corrected chi connectivity index (χ1v) is 5.85. The minimum absolute atomic E-state index is 0.498. The monoisotopic (exact) mass is 235 g/mol. The summed E-state index contributed by atoms with van der Waals surface area (Å²) in [6.07, 6.45) is 4.41. The van der Waals surface area contributed by atoms with E-state index in [1.807, 2.05) is 6.07 Å². The van der Waals surface area contributed by atoms with E-state index in [1.54, 1.807) is 24.2 Å². The number of pyridine rings is 1. The van der Waals surface area contributed by atoms with Gasteiger partial charge in [-0.2, -0.15) is 0 Å². The Hall–Kier alpha value is 0.0800. The van der Waals surface area contributed by atoms with E-state index in [0.29, 0.717) is 16.2 Å². The van der Waals surface area contributed by atoms with Gasteiger partial charge in [-0.15, -0.1) is 23.4 Å². The highest BCUT2D eigenvalue weighted by atomic mass is 35.5. The molecule has 0 spiro atoms. The van der Waals surface area contributed by atoms with Crippen LogP contribution in [0.25, 0.3) is 0 Å². The summed E-state index contributed by atoms with van der Waals surface area (Å²) < 4.78 is 0. The normalized spacial score (nSPS) is 12.8. The summed E-state index contributed by atoms with van der Waals surface area (Å²) in [5.41, 5.74) is 0. The van der Waals surface area contributed by atoms with Crippen LogP contribution >= 0.6 is 35.0 Å². The van der Waals surface area contributed by atoms with Gasteiger partial charge in [-0.1, -0.05) is 18.5 Å². The molecule has 1 atom stereocenters. The lowest BCUT2D eigenvalue weighted by molar-refractivity contribution is 0.912. The molecule has 0 aliphatic heterocycles. The van der Waals surface area contributed by atoms with Crippen molar-refractivity contribution in [3.05, 3.63) is 23.5 Å². The topological polar surface area (TPSA) is 12.9 Å². The van der Waals surface area contributed by atoms with Gasteiger partial charge in [-0.3, -0.25) is 4.98 Å². The molecule has 0 saturated carbocycles. The molecule has 0 bridgehead atoms. The van der Waals surface area contributed by atoms with Crippen LogP contribution in [0.4, 0.5) is 0 Å². The van der Waals surface area contributed by atoms with E-state index in [-0.39, 0.29) is 0 Å². The van der Waals surface area contributed by atoms with E-state index in [2.05, 4.69) is 11.9 Å².